The summed E-state index contributed by atoms with van der Waals surface area (Å²) in [4.78, 5) is 0. The normalized spacial score (nSPS) is 10.3. The van der Waals surface area contributed by atoms with Gasteiger partial charge < -0.3 is 4.74 Å². The minimum absolute atomic E-state index is 0.766. The van der Waals surface area contributed by atoms with Gasteiger partial charge in [-0.15, -0.1) is 0 Å². The Labute approximate surface area is 89.3 Å². The van der Waals surface area contributed by atoms with Crippen LogP contribution in [-0.2, 0) is 0 Å². The number of aromatic nitrogens is 2. The lowest BCUT2D eigenvalue weighted by Crippen LogP contribution is -2.01. The van der Waals surface area contributed by atoms with Crippen LogP contribution in [0.4, 0.5) is 0 Å². The molecule has 0 N–H and O–H groups in total. The van der Waals surface area contributed by atoms with Crippen molar-refractivity contribution in [2.24, 2.45) is 0 Å². The summed E-state index contributed by atoms with van der Waals surface area (Å²) in [6.07, 6.45) is 0. The summed E-state index contributed by atoms with van der Waals surface area (Å²) in [6, 6.07) is 10.0. The fraction of sp³-hybridized carbons (Fsp3) is 0.250. The van der Waals surface area contributed by atoms with Crippen molar-refractivity contribution in [3.05, 3.63) is 41.6 Å². The van der Waals surface area contributed by atoms with Crippen molar-refractivity contribution >= 4 is 0 Å². The lowest BCUT2D eigenvalue weighted by molar-refractivity contribution is 0.383. The first-order valence-corrected chi connectivity index (χ1v) is 4.89. The molecule has 0 fully saturated rings. The van der Waals surface area contributed by atoms with Gasteiger partial charge in [-0.2, -0.15) is 5.10 Å². The predicted molar refractivity (Wildman–Crippen MR) is 59.6 cm³/mol. The third-order valence-electron chi connectivity index (χ3n) is 2.35. The maximum atomic E-state index is 5.28. The van der Waals surface area contributed by atoms with Gasteiger partial charge in [0.1, 0.15) is 0 Å². The molecule has 2 aromatic rings. The molecule has 1 heterocycles. The molecule has 0 atom stereocenters. The van der Waals surface area contributed by atoms with Crippen molar-refractivity contribution in [1.29, 1.82) is 0 Å². The molecule has 0 aliphatic rings. The molecule has 1 aromatic heterocycles. The lowest BCUT2D eigenvalue weighted by atomic mass is 10.2. The molecule has 1 aromatic carbocycles. The third-order valence-corrected chi connectivity index (χ3v) is 2.35. The van der Waals surface area contributed by atoms with Crippen molar-refractivity contribution in [2.75, 3.05) is 7.11 Å². The highest BCUT2D eigenvalue weighted by atomic mass is 16.5. The van der Waals surface area contributed by atoms with Gasteiger partial charge in [-0.3, -0.25) is 0 Å². The number of nitrogens with zero attached hydrogens (tertiary/aromatic N) is 2. The molecule has 0 unspecified atom stereocenters. The summed E-state index contributed by atoms with van der Waals surface area (Å²) >= 11 is 0. The van der Waals surface area contributed by atoms with Gasteiger partial charge in [-0.1, -0.05) is 18.2 Å². The molecule has 3 nitrogen and oxygen atoms in total. The van der Waals surface area contributed by atoms with E-state index in [-0.39, 0.29) is 0 Å². The first-order chi connectivity index (χ1) is 7.22. The topological polar surface area (TPSA) is 27.1 Å². The fourth-order valence-electron chi connectivity index (χ4n) is 1.59. The van der Waals surface area contributed by atoms with Crippen molar-refractivity contribution in [2.45, 2.75) is 13.8 Å². The standard InChI is InChI=1S/C12H14N2O/c1-9-6-4-5-7-11(9)14-12(15-3)8-10(2)13-14/h4-8H,1-3H3. The SMILES string of the molecule is COc1cc(C)nn1-c1ccccc1C. The van der Waals surface area contributed by atoms with Crippen LogP contribution in [0.3, 0.4) is 0 Å². The van der Waals surface area contributed by atoms with E-state index in [0.717, 1.165) is 17.3 Å². The van der Waals surface area contributed by atoms with Crippen molar-refractivity contribution in [3.63, 3.8) is 0 Å². The smallest absolute Gasteiger partial charge is 0.216 e. The molecule has 0 saturated heterocycles. The Morgan fingerprint density at radius 1 is 1.20 bits per heavy atom. The highest BCUT2D eigenvalue weighted by molar-refractivity contribution is 5.42. The Bertz CT molecular complexity index is 474. The molecule has 2 rings (SSSR count). The van der Waals surface area contributed by atoms with Crippen LogP contribution in [0.5, 0.6) is 5.88 Å². The Kier molecular flexibility index (Phi) is 2.46. The molecule has 78 valence electrons. The van der Waals surface area contributed by atoms with Crippen LogP contribution >= 0.6 is 0 Å². The van der Waals surface area contributed by atoms with Gasteiger partial charge in [-0.05, 0) is 25.5 Å². The molecule has 0 aliphatic carbocycles. The van der Waals surface area contributed by atoms with Gasteiger partial charge in [0, 0.05) is 6.07 Å². The Hall–Kier alpha value is -1.77. The molecule has 0 radical (unpaired) electrons. The lowest BCUT2D eigenvalue weighted by Gasteiger charge is -2.08. The second kappa shape index (κ2) is 3.77. The second-order valence-corrected chi connectivity index (χ2v) is 3.53. The summed E-state index contributed by atoms with van der Waals surface area (Å²) in [5.74, 6) is 0.766. The molecule has 0 bridgehead atoms. The number of para-hydroxylation sites is 1. The zero-order valence-corrected chi connectivity index (χ0v) is 9.19. The van der Waals surface area contributed by atoms with E-state index in [1.807, 2.05) is 35.9 Å². The summed E-state index contributed by atoms with van der Waals surface area (Å²) in [7, 11) is 1.66. The molecule has 0 amide bonds. The van der Waals surface area contributed by atoms with Crippen LogP contribution in [0.25, 0.3) is 5.69 Å². The van der Waals surface area contributed by atoms with Crippen LogP contribution in [0, 0.1) is 13.8 Å². The number of benzene rings is 1. The number of ether oxygens (including phenoxy) is 1. The van der Waals surface area contributed by atoms with Gasteiger partial charge >= 0.3 is 0 Å². The molecular weight excluding hydrogens is 188 g/mol. The highest BCUT2D eigenvalue weighted by Gasteiger charge is 2.08. The van der Waals surface area contributed by atoms with Gasteiger partial charge in [0.25, 0.3) is 0 Å². The highest BCUT2D eigenvalue weighted by Crippen LogP contribution is 2.21. The molecular formula is C12H14N2O. The number of aryl methyl sites for hydroxylation is 2. The van der Waals surface area contributed by atoms with Gasteiger partial charge in [0.15, 0.2) is 0 Å². The predicted octanol–water partition coefficient (Wildman–Crippen LogP) is 2.50. The van der Waals surface area contributed by atoms with Crippen LogP contribution in [0.2, 0.25) is 0 Å². The maximum absolute atomic E-state index is 5.28. The molecule has 0 spiro atoms. The average molecular weight is 202 g/mol. The number of hydrogen-bond acceptors (Lipinski definition) is 2. The van der Waals surface area contributed by atoms with Gasteiger partial charge in [0.05, 0.1) is 18.5 Å². The minimum atomic E-state index is 0.766. The Morgan fingerprint density at radius 2 is 1.93 bits per heavy atom. The van der Waals surface area contributed by atoms with Crippen molar-refractivity contribution < 1.29 is 4.74 Å². The van der Waals surface area contributed by atoms with Crippen molar-refractivity contribution in [1.82, 2.24) is 9.78 Å². The van der Waals surface area contributed by atoms with Gasteiger partial charge in [-0.25, -0.2) is 4.68 Å². The summed E-state index contributed by atoms with van der Waals surface area (Å²) in [5.41, 5.74) is 3.19. The minimum Gasteiger partial charge on any atom is -0.481 e. The summed E-state index contributed by atoms with van der Waals surface area (Å²) < 4.78 is 7.10. The number of methoxy groups -OCH3 is 1. The number of hydrogen-bond donors (Lipinski definition) is 0. The van der Waals surface area contributed by atoms with Crippen LogP contribution < -0.4 is 4.74 Å². The average Bonchev–Trinajstić information content (AvgIpc) is 2.60. The van der Waals surface area contributed by atoms with E-state index < -0.39 is 0 Å². The van der Waals surface area contributed by atoms with E-state index in [2.05, 4.69) is 18.1 Å². The molecule has 0 aliphatic heterocycles. The van der Waals surface area contributed by atoms with Crippen LogP contribution in [-0.4, -0.2) is 16.9 Å². The summed E-state index contributed by atoms with van der Waals surface area (Å²) in [5, 5.41) is 4.40. The fourth-order valence-corrected chi connectivity index (χ4v) is 1.59. The summed E-state index contributed by atoms with van der Waals surface area (Å²) in [6.45, 7) is 4.02. The van der Waals surface area contributed by atoms with E-state index >= 15 is 0 Å². The first-order valence-electron chi connectivity index (χ1n) is 4.89. The molecule has 15 heavy (non-hydrogen) atoms. The zero-order valence-electron chi connectivity index (χ0n) is 9.19. The van der Waals surface area contributed by atoms with E-state index in [4.69, 9.17) is 4.74 Å². The molecule has 3 heteroatoms. The van der Waals surface area contributed by atoms with Gasteiger partial charge in [0.2, 0.25) is 5.88 Å². The Balaban J connectivity index is 2.58. The largest absolute Gasteiger partial charge is 0.481 e. The van der Waals surface area contributed by atoms with E-state index in [9.17, 15) is 0 Å². The maximum Gasteiger partial charge on any atom is 0.216 e. The monoisotopic (exact) mass is 202 g/mol. The van der Waals surface area contributed by atoms with E-state index in [1.165, 1.54) is 5.56 Å². The molecule has 0 saturated carbocycles. The van der Waals surface area contributed by atoms with Crippen LogP contribution in [0.1, 0.15) is 11.3 Å². The Morgan fingerprint density at radius 3 is 2.60 bits per heavy atom. The zero-order chi connectivity index (χ0) is 10.8. The third kappa shape index (κ3) is 1.73. The number of rotatable bonds is 2. The first kappa shape index (κ1) is 9.77. The van der Waals surface area contributed by atoms with E-state index in [0.29, 0.717) is 0 Å². The van der Waals surface area contributed by atoms with Crippen LogP contribution in [0.15, 0.2) is 30.3 Å². The second-order valence-electron chi connectivity index (χ2n) is 3.53. The quantitative estimate of drug-likeness (QED) is 0.748. The van der Waals surface area contributed by atoms with E-state index in [1.54, 1.807) is 7.11 Å². The van der Waals surface area contributed by atoms with Crippen molar-refractivity contribution in [3.8, 4) is 11.6 Å².